The molecule has 25 heavy (non-hydrogen) atoms. The van der Waals surface area contributed by atoms with Crippen LogP contribution in [0, 0.1) is 5.92 Å². The molecule has 0 bridgehead atoms. The summed E-state index contributed by atoms with van der Waals surface area (Å²) >= 11 is 0. The number of carbonyl (C=O) groups excluding carboxylic acids is 2. The van der Waals surface area contributed by atoms with Gasteiger partial charge >= 0.3 is 12.1 Å². The lowest BCUT2D eigenvalue weighted by atomic mass is 9.95. The van der Waals surface area contributed by atoms with Crippen molar-refractivity contribution in [3.05, 3.63) is 23.8 Å². The molecule has 0 spiro atoms. The van der Waals surface area contributed by atoms with Crippen LogP contribution in [0.25, 0.3) is 0 Å². The number of halogens is 3. The predicted octanol–water partition coefficient (Wildman–Crippen LogP) is 1.83. The minimum absolute atomic E-state index is 0.0690. The van der Waals surface area contributed by atoms with Crippen molar-refractivity contribution in [2.45, 2.75) is 25.6 Å². The number of piperidine rings is 1. The van der Waals surface area contributed by atoms with E-state index in [0.717, 1.165) is 10.5 Å². The fraction of sp³-hybridized carbons (Fsp3) is 0.500. The van der Waals surface area contributed by atoms with Gasteiger partial charge in [0.25, 0.3) is 0 Å². The zero-order valence-electron chi connectivity index (χ0n) is 13.3. The molecular formula is C16H17F3N2O4. The van der Waals surface area contributed by atoms with Crippen molar-refractivity contribution in [2.75, 3.05) is 19.9 Å². The van der Waals surface area contributed by atoms with Crippen LogP contribution in [-0.2, 0) is 16.1 Å². The summed E-state index contributed by atoms with van der Waals surface area (Å²) in [5.41, 5.74) is 0.835. The molecule has 6 nitrogen and oxygen atoms in total. The van der Waals surface area contributed by atoms with E-state index in [-0.39, 0.29) is 45.2 Å². The average Bonchev–Trinajstić information content (AvgIpc) is 3.06. The third kappa shape index (κ3) is 3.97. The number of fused-ring (bicyclic) bond motifs is 1. The summed E-state index contributed by atoms with van der Waals surface area (Å²) < 4.78 is 47.7. The highest BCUT2D eigenvalue weighted by Gasteiger charge is 2.43. The lowest BCUT2D eigenvalue weighted by molar-refractivity contribution is -0.186. The number of carbonyl (C=O) groups is 2. The Balaban J connectivity index is 1.48. The summed E-state index contributed by atoms with van der Waals surface area (Å²) in [6.45, 7) is 0.318. The van der Waals surface area contributed by atoms with Gasteiger partial charge in [0.2, 0.25) is 12.7 Å². The van der Waals surface area contributed by atoms with Gasteiger partial charge in [0.15, 0.2) is 11.5 Å². The summed E-state index contributed by atoms with van der Waals surface area (Å²) in [5.74, 6) is -1.20. The fourth-order valence-corrected chi connectivity index (χ4v) is 2.91. The number of alkyl halides is 3. The Morgan fingerprint density at radius 3 is 2.52 bits per heavy atom. The second kappa shape index (κ2) is 6.81. The Morgan fingerprint density at radius 1 is 1.16 bits per heavy atom. The molecule has 0 aromatic heterocycles. The second-order valence-electron chi connectivity index (χ2n) is 5.97. The summed E-state index contributed by atoms with van der Waals surface area (Å²) in [7, 11) is 0. The zero-order chi connectivity index (χ0) is 18.0. The molecule has 1 N–H and O–H groups in total. The van der Waals surface area contributed by atoms with Gasteiger partial charge in [-0.2, -0.15) is 13.2 Å². The molecule has 2 aliphatic rings. The van der Waals surface area contributed by atoms with Crippen LogP contribution in [0.1, 0.15) is 18.4 Å². The monoisotopic (exact) mass is 358 g/mol. The van der Waals surface area contributed by atoms with Crippen molar-refractivity contribution >= 4 is 11.8 Å². The molecule has 2 aliphatic heterocycles. The summed E-state index contributed by atoms with van der Waals surface area (Å²) in [5, 5.41) is 2.77. The van der Waals surface area contributed by atoms with Crippen molar-refractivity contribution in [3.63, 3.8) is 0 Å². The molecule has 2 heterocycles. The number of ether oxygens (including phenoxy) is 2. The molecule has 0 aliphatic carbocycles. The minimum Gasteiger partial charge on any atom is -0.454 e. The van der Waals surface area contributed by atoms with Crippen molar-refractivity contribution in [3.8, 4) is 11.5 Å². The van der Waals surface area contributed by atoms with Crippen LogP contribution in [0.3, 0.4) is 0 Å². The zero-order valence-corrected chi connectivity index (χ0v) is 13.3. The predicted molar refractivity (Wildman–Crippen MR) is 79.8 cm³/mol. The smallest absolute Gasteiger partial charge is 0.454 e. The van der Waals surface area contributed by atoms with Crippen molar-refractivity contribution < 1.29 is 32.2 Å². The molecule has 1 aromatic rings. The first-order valence-electron chi connectivity index (χ1n) is 7.87. The van der Waals surface area contributed by atoms with Gasteiger partial charge in [0, 0.05) is 25.6 Å². The number of likely N-dealkylation sites (tertiary alicyclic amines) is 1. The van der Waals surface area contributed by atoms with Gasteiger partial charge in [0.1, 0.15) is 0 Å². The SMILES string of the molecule is O=C(NCc1ccc2c(c1)OCO2)C1CCN(C(=O)C(F)(F)F)CC1. The fourth-order valence-electron chi connectivity index (χ4n) is 2.91. The maximum atomic E-state index is 12.4. The molecular weight excluding hydrogens is 341 g/mol. The molecule has 0 saturated carbocycles. The van der Waals surface area contributed by atoms with Crippen molar-refractivity contribution in [1.82, 2.24) is 10.2 Å². The number of nitrogens with zero attached hydrogens (tertiary/aromatic N) is 1. The molecule has 1 aromatic carbocycles. The van der Waals surface area contributed by atoms with Gasteiger partial charge in [-0.1, -0.05) is 6.07 Å². The Bertz CT molecular complexity index is 670. The van der Waals surface area contributed by atoms with Crippen LogP contribution in [0.15, 0.2) is 18.2 Å². The first kappa shape index (κ1) is 17.4. The number of hydrogen-bond acceptors (Lipinski definition) is 4. The lowest BCUT2D eigenvalue weighted by Crippen LogP contribution is -2.47. The Hall–Kier alpha value is -2.45. The molecule has 0 radical (unpaired) electrons. The maximum Gasteiger partial charge on any atom is 0.471 e. The van der Waals surface area contributed by atoms with Gasteiger partial charge in [-0.25, -0.2) is 0 Å². The molecule has 1 saturated heterocycles. The Kier molecular flexibility index (Phi) is 4.73. The highest BCUT2D eigenvalue weighted by molar-refractivity contribution is 5.83. The van der Waals surface area contributed by atoms with Crippen LogP contribution in [0.2, 0.25) is 0 Å². The highest BCUT2D eigenvalue weighted by Crippen LogP contribution is 2.32. The normalized spacial score (nSPS) is 17.5. The standard InChI is InChI=1S/C16H17F3N2O4/c17-16(18,19)15(23)21-5-3-11(4-6-21)14(22)20-8-10-1-2-12-13(7-10)25-9-24-12/h1-2,7,11H,3-6,8-9H2,(H,20,22). The lowest BCUT2D eigenvalue weighted by Gasteiger charge is -2.31. The van der Waals surface area contributed by atoms with Gasteiger partial charge in [-0.3, -0.25) is 9.59 Å². The van der Waals surface area contributed by atoms with Crippen LogP contribution >= 0.6 is 0 Å². The number of nitrogens with one attached hydrogen (secondary N) is 1. The first-order chi connectivity index (χ1) is 11.8. The van der Waals surface area contributed by atoms with Crippen molar-refractivity contribution in [2.24, 2.45) is 5.92 Å². The Morgan fingerprint density at radius 2 is 1.84 bits per heavy atom. The van der Waals surface area contributed by atoms with Gasteiger partial charge in [-0.05, 0) is 30.5 Å². The van der Waals surface area contributed by atoms with Gasteiger partial charge < -0.3 is 19.7 Å². The summed E-state index contributed by atoms with van der Waals surface area (Å²) in [6, 6.07) is 5.33. The van der Waals surface area contributed by atoms with E-state index in [2.05, 4.69) is 5.32 Å². The van der Waals surface area contributed by atoms with E-state index in [9.17, 15) is 22.8 Å². The van der Waals surface area contributed by atoms with E-state index in [1.54, 1.807) is 18.2 Å². The number of benzene rings is 1. The topological polar surface area (TPSA) is 67.9 Å². The van der Waals surface area contributed by atoms with E-state index in [1.165, 1.54) is 0 Å². The van der Waals surface area contributed by atoms with Gasteiger partial charge in [-0.15, -0.1) is 0 Å². The number of rotatable bonds is 3. The third-order valence-electron chi connectivity index (χ3n) is 4.30. The number of amides is 2. The Labute approximate surface area is 141 Å². The average molecular weight is 358 g/mol. The molecule has 0 unspecified atom stereocenters. The summed E-state index contributed by atoms with van der Waals surface area (Å²) in [6.07, 6.45) is -4.43. The largest absolute Gasteiger partial charge is 0.471 e. The minimum atomic E-state index is -4.87. The molecule has 3 rings (SSSR count). The van der Waals surface area contributed by atoms with Gasteiger partial charge in [0.05, 0.1) is 0 Å². The summed E-state index contributed by atoms with van der Waals surface area (Å²) in [4.78, 5) is 24.1. The van der Waals surface area contributed by atoms with Crippen LogP contribution in [-0.4, -0.2) is 42.8 Å². The van der Waals surface area contributed by atoms with Crippen molar-refractivity contribution in [1.29, 1.82) is 0 Å². The molecule has 0 atom stereocenters. The molecule has 1 fully saturated rings. The first-order valence-corrected chi connectivity index (χ1v) is 7.87. The number of hydrogen-bond donors (Lipinski definition) is 1. The van der Waals surface area contributed by atoms with E-state index in [0.29, 0.717) is 11.5 Å². The maximum absolute atomic E-state index is 12.4. The van der Waals surface area contributed by atoms with Crippen LogP contribution in [0.5, 0.6) is 11.5 Å². The van der Waals surface area contributed by atoms with E-state index in [1.807, 2.05) is 0 Å². The quantitative estimate of drug-likeness (QED) is 0.895. The third-order valence-corrected chi connectivity index (χ3v) is 4.30. The van der Waals surface area contributed by atoms with E-state index in [4.69, 9.17) is 9.47 Å². The second-order valence-corrected chi connectivity index (χ2v) is 5.97. The van der Waals surface area contributed by atoms with E-state index < -0.39 is 18.0 Å². The molecule has 2 amide bonds. The molecule has 136 valence electrons. The molecule has 9 heteroatoms. The van der Waals surface area contributed by atoms with E-state index >= 15 is 0 Å². The van der Waals surface area contributed by atoms with Crippen LogP contribution in [0.4, 0.5) is 13.2 Å². The van der Waals surface area contributed by atoms with Crippen LogP contribution < -0.4 is 14.8 Å². The highest BCUT2D eigenvalue weighted by atomic mass is 19.4.